The lowest BCUT2D eigenvalue weighted by Crippen LogP contribution is -2.04. The van der Waals surface area contributed by atoms with E-state index in [-0.39, 0.29) is 12.2 Å². The summed E-state index contributed by atoms with van der Waals surface area (Å²) in [7, 11) is 3.13. The van der Waals surface area contributed by atoms with Crippen LogP contribution in [0.2, 0.25) is 0 Å². The van der Waals surface area contributed by atoms with Gasteiger partial charge in [0, 0.05) is 9.13 Å². The molecule has 0 fully saturated rings. The van der Waals surface area contributed by atoms with Crippen molar-refractivity contribution in [1.82, 2.24) is 4.98 Å². The van der Waals surface area contributed by atoms with E-state index in [1.165, 1.54) is 0 Å². The Morgan fingerprint density at radius 1 is 1.13 bits per heavy atom. The van der Waals surface area contributed by atoms with E-state index in [9.17, 15) is 4.79 Å². The van der Waals surface area contributed by atoms with E-state index in [2.05, 4.69) is 33.6 Å². The lowest BCUT2D eigenvalue weighted by molar-refractivity contribution is 0.0992. The molecule has 2 aromatic carbocycles. The number of halogens is 1. The number of fused-ring (bicyclic) bond motifs is 1. The predicted molar refractivity (Wildman–Crippen MR) is 99.9 cm³/mol. The lowest BCUT2D eigenvalue weighted by Gasteiger charge is -2.08. The normalized spacial score (nSPS) is 10.7. The molecule has 0 radical (unpaired) electrons. The Bertz CT molecular complexity index is 875. The van der Waals surface area contributed by atoms with Gasteiger partial charge in [-0.3, -0.25) is 4.79 Å². The van der Waals surface area contributed by atoms with Gasteiger partial charge in [0.05, 0.1) is 30.9 Å². The number of carbonyl (C=O) groups is 1. The first kappa shape index (κ1) is 16.2. The number of hydrogen-bond donors (Lipinski definition) is 0. The molecule has 0 aliphatic carbocycles. The third-order valence-corrected chi connectivity index (χ3v) is 5.10. The van der Waals surface area contributed by atoms with Crippen molar-refractivity contribution in [3.63, 3.8) is 0 Å². The number of methoxy groups -OCH3 is 2. The zero-order chi connectivity index (χ0) is 16.4. The average molecular weight is 439 g/mol. The fourth-order valence-electron chi connectivity index (χ4n) is 2.27. The smallest absolute Gasteiger partial charge is 0.169 e. The van der Waals surface area contributed by atoms with Crippen LogP contribution in [0, 0.1) is 3.57 Å². The molecule has 0 bridgehead atoms. The van der Waals surface area contributed by atoms with Crippen LogP contribution in [0.15, 0.2) is 36.4 Å². The average Bonchev–Trinajstić information content (AvgIpc) is 2.95. The molecule has 0 aliphatic rings. The highest BCUT2D eigenvalue weighted by molar-refractivity contribution is 14.1. The highest BCUT2D eigenvalue weighted by Crippen LogP contribution is 2.29. The standard InChI is InChI=1S/C17H14INO3S/c1-21-14-6-3-10(7-15(14)22-2)13(20)9-17-19-12-5-4-11(18)8-16(12)23-17/h3-8H,9H2,1-2H3. The van der Waals surface area contributed by atoms with Crippen LogP contribution in [0.3, 0.4) is 0 Å². The minimum absolute atomic E-state index is 0.0136. The Hall–Kier alpha value is -1.67. The van der Waals surface area contributed by atoms with E-state index < -0.39 is 0 Å². The monoisotopic (exact) mass is 439 g/mol. The summed E-state index contributed by atoms with van der Waals surface area (Å²) >= 11 is 3.83. The summed E-state index contributed by atoms with van der Waals surface area (Å²) in [4.78, 5) is 17.0. The molecule has 1 heterocycles. The maximum absolute atomic E-state index is 12.5. The van der Waals surface area contributed by atoms with Gasteiger partial charge in [-0.05, 0) is 59.0 Å². The Kier molecular flexibility index (Phi) is 4.82. The van der Waals surface area contributed by atoms with Crippen molar-refractivity contribution in [2.75, 3.05) is 14.2 Å². The topological polar surface area (TPSA) is 48.4 Å². The van der Waals surface area contributed by atoms with E-state index in [1.54, 1.807) is 43.8 Å². The Balaban J connectivity index is 1.85. The van der Waals surface area contributed by atoms with Gasteiger partial charge >= 0.3 is 0 Å². The van der Waals surface area contributed by atoms with Crippen LogP contribution >= 0.6 is 33.9 Å². The molecule has 0 aliphatic heterocycles. The second-order valence-corrected chi connectivity index (χ2v) is 7.25. The molecule has 1 aromatic heterocycles. The van der Waals surface area contributed by atoms with Crippen LogP contribution in [0.25, 0.3) is 10.2 Å². The number of benzene rings is 2. The largest absolute Gasteiger partial charge is 0.493 e. The molecule has 0 unspecified atom stereocenters. The summed E-state index contributed by atoms with van der Waals surface area (Å²) in [6, 6.07) is 11.3. The van der Waals surface area contributed by atoms with E-state index in [1.807, 2.05) is 12.1 Å². The highest BCUT2D eigenvalue weighted by atomic mass is 127. The second-order valence-electron chi connectivity index (χ2n) is 4.89. The van der Waals surface area contributed by atoms with Gasteiger partial charge in [-0.1, -0.05) is 0 Å². The molecule has 4 nitrogen and oxygen atoms in total. The molecule has 3 aromatic rings. The van der Waals surface area contributed by atoms with Crippen LogP contribution in [-0.4, -0.2) is 25.0 Å². The third kappa shape index (κ3) is 3.48. The fraction of sp³-hybridized carbons (Fsp3) is 0.176. The van der Waals surface area contributed by atoms with Crippen LogP contribution in [-0.2, 0) is 6.42 Å². The van der Waals surface area contributed by atoms with Crippen molar-refractivity contribution < 1.29 is 14.3 Å². The number of Topliss-reactive ketones (excluding diaryl/α,β-unsaturated/α-hetero) is 1. The first-order valence-corrected chi connectivity index (χ1v) is 8.80. The quantitative estimate of drug-likeness (QED) is 0.439. The zero-order valence-corrected chi connectivity index (χ0v) is 15.6. The SMILES string of the molecule is COc1ccc(C(=O)Cc2nc3ccc(I)cc3s2)cc1OC. The number of ether oxygens (including phenoxy) is 2. The van der Waals surface area contributed by atoms with Crippen molar-refractivity contribution in [2.45, 2.75) is 6.42 Å². The fourth-order valence-corrected chi connectivity index (χ4v) is 3.98. The van der Waals surface area contributed by atoms with Crippen molar-refractivity contribution >= 4 is 49.9 Å². The number of thiazole rings is 1. The van der Waals surface area contributed by atoms with Gasteiger partial charge in [0.15, 0.2) is 17.3 Å². The van der Waals surface area contributed by atoms with Gasteiger partial charge in [0.2, 0.25) is 0 Å². The molecule has 6 heteroatoms. The summed E-state index contributed by atoms with van der Waals surface area (Å²) in [5.41, 5.74) is 1.53. The minimum Gasteiger partial charge on any atom is -0.493 e. The van der Waals surface area contributed by atoms with Crippen molar-refractivity contribution in [1.29, 1.82) is 0 Å². The van der Waals surface area contributed by atoms with E-state index in [0.717, 1.165) is 18.8 Å². The summed E-state index contributed by atoms with van der Waals surface area (Å²) in [5.74, 6) is 1.18. The molecular weight excluding hydrogens is 425 g/mol. The van der Waals surface area contributed by atoms with E-state index in [0.29, 0.717) is 17.1 Å². The highest BCUT2D eigenvalue weighted by Gasteiger charge is 2.14. The van der Waals surface area contributed by atoms with Gasteiger partial charge in [0.25, 0.3) is 0 Å². The van der Waals surface area contributed by atoms with Crippen LogP contribution in [0.5, 0.6) is 11.5 Å². The van der Waals surface area contributed by atoms with Crippen LogP contribution < -0.4 is 9.47 Å². The number of hydrogen-bond acceptors (Lipinski definition) is 5. The summed E-state index contributed by atoms with van der Waals surface area (Å²) < 4.78 is 12.7. The predicted octanol–water partition coefficient (Wildman–Crippen LogP) is 4.34. The van der Waals surface area contributed by atoms with Crippen molar-refractivity contribution in [2.24, 2.45) is 0 Å². The van der Waals surface area contributed by atoms with Gasteiger partial charge in [0.1, 0.15) is 5.01 Å². The molecule has 0 atom stereocenters. The number of carbonyl (C=O) groups excluding carboxylic acids is 1. The Labute approximate surface area is 151 Å². The van der Waals surface area contributed by atoms with Gasteiger partial charge in [-0.25, -0.2) is 4.98 Å². The molecule has 0 N–H and O–H groups in total. The van der Waals surface area contributed by atoms with E-state index in [4.69, 9.17) is 9.47 Å². The molecule has 23 heavy (non-hydrogen) atoms. The number of rotatable bonds is 5. The molecule has 118 valence electrons. The maximum Gasteiger partial charge on any atom is 0.169 e. The molecule has 0 saturated heterocycles. The number of ketones is 1. The Morgan fingerprint density at radius 2 is 1.91 bits per heavy atom. The summed E-state index contributed by atoms with van der Waals surface area (Å²) in [6.07, 6.45) is 0.283. The van der Waals surface area contributed by atoms with Crippen LogP contribution in [0.1, 0.15) is 15.4 Å². The minimum atomic E-state index is 0.0136. The molecule has 0 spiro atoms. The lowest BCUT2D eigenvalue weighted by atomic mass is 10.1. The van der Waals surface area contributed by atoms with Crippen LogP contribution in [0.4, 0.5) is 0 Å². The van der Waals surface area contributed by atoms with Gasteiger partial charge < -0.3 is 9.47 Å². The summed E-state index contributed by atoms with van der Waals surface area (Å²) in [5, 5.41) is 0.821. The van der Waals surface area contributed by atoms with Gasteiger partial charge in [-0.15, -0.1) is 11.3 Å². The number of aromatic nitrogens is 1. The first-order valence-electron chi connectivity index (χ1n) is 6.91. The molecule has 3 rings (SSSR count). The first-order chi connectivity index (χ1) is 11.1. The van der Waals surface area contributed by atoms with Gasteiger partial charge in [-0.2, -0.15) is 0 Å². The third-order valence-electron chi connectivity index (χ3n) is 3.41. The molecule has 0 amide bonds. The summed E-state index contributed by atoms with van der Waals surface area (Å²) in [6.45, 7) is 0. The molecule has 0 saturated carbocycles. The number of nitrogens with zero attached hydrogens (tertiary/aromatic N) is 1. The molecular formula is C17H14INO3S. The van der Waals surface area contributed by atoms with Crippen molar-refractivity contribution in [3.8, 4) is 11.5 Å². The van der Waals surface area contributed by atoms with E-state index >= 15 is 0 Å². The maximum atomic E-state index is 12.5. The second kappa shape index (κ2) is 6.84. The van der Waals surface area contributed by atoms with Crippen molar-refractivity contribution in [3.05, 3.63) is 50.5 Å². The zero-order valence-electron chi connectivity index (χ0n) is 12.6. The Morgan fingerprint density at radius 3 is 2.65 bits per heavy atom.